The van der Waals surface area contributed by atoms with E-state index in [9.17, 15) is 34.4 Å². The van der Waals surface area contributed by atoms with Gasteiger partial charge in [0.25, 0.3) is 5.69 Å². The molecule has 0 unspecified atom stereocenters. The van der Waals surface area contributed by atoms with Crippen LogP contribution in [0.1, 0.15) is 18.9 Å². The van der Waals surface area contributed by atoms with E-state index in [1.165, 1.54) is 75.5 Å². The van der Waals surface area contributed by atoms with Crippen molar-refractivity contribution in [1.29, 1.82) is 0 Å². The SMILES string of the molecule is C=CCOC(=O)C1=C(S[C@@H]2C[C@H](C(=O)N(C)C)N(C(=O)OCc3ccc([N+](=O)[O-])cc3)C2)S[C@@H]2[C@@H]([C@@H](C)O)C(=O)N12. The highest BCUT2D eigenvalue weighted by molar-refractivity contribution is 8.23. The number of carbonyl (C=O) groups is 4. The molecule has 3 aliphatic rings. The Morgan fingerprint density at radius 1 is 1.29 bits per heavy atom. The Balaban J connectivity index is 1.51. The molecular formula is C26H30N4O9S2. The molecule has 3 aliphatic heterocycles. The zero-order valence-corrected chi connectivity index (χ0v) is 24.3. The molecule has 41 heavy (non-hydrogen) atoms. The molecule has 0 spiro atoms. The number of likely N-dealkylation sites (tertiary alicyclic amines) is 1. The Hall–Kier alpha value is -3.56. The van der Waals surface area contributed by atoms with Crippen LogP contribution < -0.4 is 0 Å². The van der Waals surface area contributed by atoms with Crippen LogP contribution in [0, 0.1) is 16.0 Å². The number of nitro benzene ring substituents is 1. The van der Waals surface area contributed by atoms with Crippen LogP contribution in [0.15, 0.2) is 46.9 Å². The molecule has 0 saturated carbocycles. The fraction of sp³-hybridized carbons (Fsp3) is 0.462. The second-order valence-electron chi connectivity index (χ2n) is 9.86. The molecule has 13 nitrogen and oxygen atoms in total. The number of hydrogen-bond acceptors (Lipinski definition) is 11. The van der Waals surface area contributed by atoms with E-state index in [2.05, 4.69) is 6.58 Å². The second-order valence-corrected chi connectivity index (χ2v) is 12.6. The van der Waals surface area contributed by atoms with Crippen molar-refractivity contribution in [3.05, 3.63) is 62.5 Å². The maximum absolute atomic E-state index is 13.1. The molecule has 0 bridgehead atoms. The summed E-state index contributed by atoms with van der Waals surface area (Å²) in [4.78, 5) is 66.2. The molecule has 220 valence electrons. The Bertz CT molecular complexity index is 1280. The summed E-state index contributed by atoms with van der Waals surface area (Å²) in [5, 5.41) is 20.2. The summed E-state index contributed by atoms with van der Waals surface area (Å²) in [7, 11) is 3.16. The number of fused-ring (bicyclic) bond motifs is 1. The molecule has 1 N–H and O–H groups in total. The van der Waals surface area contributed by atoms with Gasteiger partial charge < -0.3 is 19.5 Å². The number of esters is 1. The van der Waals surface area contributed by atoms with Crippen molar-refractivity contribution in [1.82, 2.24) is 14.7 Å². The van der Waals surface area contributed by atoms with Crippen molar-refractivity contribution in [3.8, 4) is 0 Å². The number of aliphatic hydroxyl groups is 1. The van der Waals surface area contributed by atoms with Gasteiger partial charge in [-0.2, -0.15) is 0 Å². The number of ether oxygens (including phenoxy) is 2. The van der Waals surface area contributed by atoms with Crippen molar-refractivity contribution in [2.24, 2.45) is 5.92 Å². The van der Waals surface area contributed by atoms with Gasteiger partial charge in [0, 0.05) is 38.0 Å². The number of β-lactam (4-membered cyclic amide) rings is 1. The van der Waals surface area contributed by atoms with Crippen molar-refractivity contribution < 1.29 is 38.7 Å². The van der Waals surface area contributed by atoms with Crippen LogP contribution in [-0.2, 0) is 30.5 Å². The Morgan fingerprint density at radius 2 is 1.98 bits per heavy atom. The average molecular weight is 607 g/mol. The Morgan fingerprint density at radius 3 is 2.56 bits per heavy atom. The van der Waals surface area contributed by atoms with Gasteiger partial charge in [0.2, 0.25) is 11.8 Å². The minimum atomic E-state index is -0.902. The van der Waals surface area contributed by atoms with Gasteiger partial charge >= 0.3 is 12.1 Å². The predicted octanol–water partition coefficient (Wildman–Crippen LogP) is 2.31. The van der Waals surface area contributed by atoms with Crippen LogP contribution in [0.25, 0.3) is 0 Å². The lowest BCUT2D eigenvalue weighted by Crippen LogP contribution is -2.60. The number of nitro groups is 1. The molecule has 0 radical (unpaired) electrons. The molecular weight excluding hydrogens is 576 g/mol. The first-order valence-corrected chi connectivity index (χ1v) is 14.4. The Kier molecular flexibility index (Phi) is 9.29. The lowest BCUT2D eigenvalue weighted by atomic mass is 9.92. The maximum atomic E-state index is 13.1. The van der Waals surface area contributed by atoms with Gasteiger partial charge in [-0.1, -0.05) is 24.4 Å². The molecule has 3 amide bonds. The number of nitrogens with zero attached hydrogens (tertiary/aromatic N) is 4. The number of aliphatic hydroxyl groups excluding tert-OH is 1. The third-order valence-corrected chi connectivity index (χ3v) is 9.61. The van der Waals surface area contributed by atoms with Crippen molar-refractivity contribution in [2.75, 3.05) is 27.2 Å². The quantitative estimate of drug-likeness (QED) is 0.137. The maximum Gasteiger partial charge on any atom is 0.410 e. The summed E-state index contributed by atoms with van der Waals surface area (Å²) in [6.45, 7) is 5.00. The monoisotopic (exact) mass is 606 g/mol. The lowest BCUT2D eigenvalue weighted by molar-refractivity contribution is -0.384. The fourth-order valence-electron chi connectivity index (χ4n) is 4.74. The average Bonchev–Trinajstić information content (AvgIpc) is 3.49. The number of hydrogen-bond donors (Lipinski definition) is 1. The topological polar surface area (TPSA) is 160 Å². The standard InChI is InChI=1S/C26H30N4O9S2/c1-5-10-38-24(34)20-25(41-23-19(14(2)31)22(33)29(20)23)40-17-11-18(21(32)27(3)4)28(12-17)26(35)39-13-15-6-8-16(9-7-15)30(36)37/h5-9,14,17-19,23,31H,1,10-13H2,2-4H3/t14-,17-,18-,19+,23-/m1/s1. The van der Waals surface area contributed by atoms with Crippen molar-refractivity contribution in [2.45, 2.75) is 42.7 Å². The number of amides is 3. The highest BCUT2D eigenvalue weighted by atomic mass is 32.2. The van der Waals surface area contributed by atoms with Gasteiger partial charge in [-0.3, -0.25) is 29.5 Å². The van der Waals surface area contributed by atoms with Crippen LogP contribution >= 0.6 is 23.5 Å². The van der Waals surface area contributed by atoms with Crippen LogP contribution in [0.2, 0.25) is 0 Å². The third-order valence-electron chi connectivity index (χ3n) is 6.80. The number of benzene rings is 1. The van der Waals surface area contributed by atoms with E-state index in [0.29, 0.717) is 9.80 Å². The second kappa shape index (κ2) is 12.5. The number of carbonyl (C=O) groups excluding carboxylic acids is 4. The molecule has 4 rings (SSSR count). The van der Waals surface area contributed by atoms with Crippen LogP contribution in [0.3, 0.4) is 0 Å². The fourth-order valence-corrected chi connectivity index (χ4v) is 8.09. The third kappa shape index (κ3) is 6.21. The van der Waals surface area contributed by atoms with Gasteiger partial charge in [0.15, 0.2) is 5.70 Å². The number of rotatable bonds is 10. The van der Waals surface area contributed by atoms with E-state index in [1.54, 1.807) is 14.1 Å². The smallest absolute Gasteiger partial charge is 0.410 e. The zero-order chi connectivity index (χ0) is 30.0. The summed E-state index contributed by atoms with van der Waals surface area (Å²) in [5.41, 5.74) is 0.541. The minimum absolute atomic E-state index is 0.0469. The number of thioether (sulfide) groups is 2. The largest absolute Gasteiger partial charge is 0.457 e. The highest BCUT2D eigenvalue weighted by Crippen LogP contribution is 2.55. The predicted molar refractivity (Wildman–Crippen MR) is 150 cm³/mol. The molecule has 2 saturated heterocycles. The zero-order valence-electron chi connectivity index (χ0n) is 22.6. The number of likely N-dealkylation sites (N-methyl/N-ethyl adjacent to an activating group) is 1. The van der Waals surface area contributed by atoms with Gasteiger partial charge in [0.1, 0.15) is 24.6 Å². The van der Waals surface area contributed by atoms with Crippen LogP contribution in [0.5, 0.6) is 0 Å². The molecule has 1 aromatic rings. The summed E-state index contributed by atoms with van der Waals surface area (Å²) < 4.78 is 11.2. The normalized spacial score (nSPS) is 24.0. The summed E-state index contributed by atoms with van der Waals surface area (Å²) in [6, 6.07) is 4.77. The molecule has 1 aromatic carbocycles. The summed E-state index contributed by atoms with van der Waals surface area (Å²) in [6.07, 6.45) is 0.0565. The first kappa shape index (κ1) is 30.4. The first-order valence-electron chi connectivity index (χ1n) is 12.7. The molecule has 3 heterocycles. The van der Waals surface area contributed by atoms with Gasteiger partial charge in [-0.25, -0.2) is 9.59 Å². The van der Waals surface area contributed by atoms with Crippen LogP contribution in [0.4, 0.5) is 10.5 Å². The van der Waals surface area contributed by atoms with E-state index >= 15 is 0 Å². The molecule has 5 atom stereocenters. The first-order chi connectivity index (χ1) is 19.4. The summed E-state index contributed by atoms with van der Waals surface area (Å²) in [5.74, 6) is -2.04. The molecule has 2 fully saturated rings. The Labute approximate surface area is 244 Å². The lowest BCUT2D eigenvalue weighted by Gasteiger charge is -2.43. The molecule has 0 aromatic heterocycles. The highest BCUT2D eigenvalue weighted by Gasteiger charge is 2.58. The van der Waals surface area contributed by atoms with E-state index in [0.717, 1.165) is 0 Å². The van der Waals surface area contributed by atoms with E-state index in [4.69, 9.17) is 9.47 Å². The molecule has 0 aliphatic carbocycles. The van der Waals surface area contributed by atoms with E-state index in [1.807, 2.05) is 0 Å². The van der Waals surface area contributed by atoms with E-state index in [-0.39, 0.29) is 54.6 Å². The summed E-state index contributed by atoms with van der Waals surface area (Å²) >= 11 is 2.55. The van der Waals surface area contributed by atoms with Gasteiger partial charge in [-0.15, -0.1) is 11.8 Å². The van der Waals surface area contributed by atoms with Crippen molar-refractivity contribution in [3.63, 3.8) is 0 Å². The van der Waals surface area contributed by atoms with Gasteiger partial charge in [0.05, 0.1) is 21.2 Å². The molecule has 15 heteroatoms. The minimum Gasteiger partial charge on any atom is -0.457 e. The number of non-ortho nitro benzene ring substituents is 1. The van der Waals surface area contributed by atoms with Crippen LogP contribution in [-0.4, -0.2) is 98.6 Å². The van der Waals surface area contributed by atoms with E-state index < -0.39 is 40.4 Å². The van der Waals surface area contributed by atoms with Gasteiger partial charge in [-0.05, 0) is 31.0 Å². The van der Waals surface area contributed by atoms with Crippen molar-refractivity contribution >= 4 is 53.1 Å².